The molecule has 0 heterocycles. The number of aryl methyl sites for hydroxylation is 4. The zero-order chi connectivity index (χ0) is 65.9. The fourth-order valence-electron chi connectivity index (χ4n) is 9.47. The van der Waals surface area contributed by atoms with Crippen LogP contribution in [0.2, 0.25) is 36.3 Å². The van der Waals surface area contributed by atoms with E-state index in [0.717, 1.165) is 77.5 Å². The van der Waals surface area contributed by atoms with Crippen molar-refractivity contribution >= 4 is 22.6 Å². The van der Waals surface area contributed by atoms with Crippen LogP contribution in [-0.4, -0.2) is 64.6 Å². The summed E-state index contributed by atoms with van der Waals surface area (Å²) >= 11 is 0. The first-order chi connectivity index (χ1) is 38.4. The number of carbonyl (C=O) groups is 1. The molecule has 0 fully saturated rings. The van der Waals surface area contributed by atoms with Crippen LogP contribution in [0.25, 0.3) is 0 Å². The van der Waals surface area contributed by atoms with E-state index in [1.807, 2.05) is 50.0 Å². The topological polar surface area (TPSA) is 65.0 Å². The normalized spacial score (nSPS) is 14.2. The van der Waals surface area contributed by atoms with Crippen LogP contribution in [0, 0.1) is 62.2 Å². The van der Waals surface area contributed by atoms with Gasteiger partial charge in [0.1, 0.15) is 17.6 Å². The van der Waals surface area contributed by atoms with Gasteiger partial charge in [-0.2, -0.15) is 52.7 Å². The van der Waals surface area contributed by atoms with Gasteiger partial charge in [-0.25, -0.2) is 0 Å². The Balaban J connectivity index is 0.000000446. The number of rotatable bonds is 15. The van der Waals surface area contributed by atoms with Gasteiger partial charge in [0, 0.05) is 28.9 Å². The van der Waals surface area contributed by atoms with Crippen molar-refractivity contribution in [3.8, 4) is 35.2 Å². The highest BCUT2D eigenvalue weighted by atomic mass is 28.4. The zero-order valence-electron chi connectivity index (χ0n) is 53.0. The third kappa shape index (κ3) is 15.5. The molecule has 0 aliphatic carbocycles. The monoisotopic (exact) mass is 1240 g/mol. The number of aliphatic hydroxyl groups excluding tert-OH is 1. The molecule has 85 heavy (non-hydrogen) atoms. The van der Waals surface area contributed by atoms with Crippen LogP contribution in [0.4, 0.5) is 52.7 Å². The van der Waals surface area contributed by atoms with E-state index in [9.17, 15) is 62.6 Å². The summed E-state index contributed by atoms with van der Waals surface area (Å²) in [6.07, 6.45) is -25.8. The average molecular weight is 1240 g/mol. The van der Waals surface area contributed by atoms with Crippen molar-refractivity contribution < 1.29 is 76.2 Å². The molecule has 5 nitrogen and oxygen atoms in total. The Hall–Kier alpha value is -5.38. The third-order valence-corrected chi connectivity index (χ3v) is 26.8. The summed E-state index contributed by atoms with van der Waals surface area (Å²) in [7, 11) is -4.10. The van der Waals surface area contributed by atoms with Gasteiger partial charge >= 0.3 is 30.7 Å². The standard InChI is InChI=1S/C34H44F6O3Si.C32H42F6O2Si/c1-12-32(13-2,27-17-18-28(23(4)21-27)43-44(10,11)30(6,7)8)26-16-14-25(22(3)20-26)15-19-29(42-24(5)41)31(9,33(35,36)37)34(38,39)40;1-11-30(12-2,25-16-17-26(22(4)20-25)40-41(9,10)28(5,6)7)24-15-13-23(21(3)19-24)14-18-27(39)29(8,31(33,34)35)32(36,37)38/h14,16-18,20-21,29H,12-13H2,1-11H3;13,15-17,19-20,27,39H,11-12H2,1-10H3. The molecule has 4 rings (SSSR count). The smallest absolute Gasteiger partial charge is 0.407 e. The summed E-state index contributed by atoms with van der Waals surface area (Å²) < 4.78 is 180. The highest BCUT2D eigenvalue weighted by Gasteiger charge is 2.73. The molecule has 4 aromatic rings. The number of benzene rings is 4. The van der Waals surface area contributed by atoms with Crippen molar-refractivity contribution in [2.45, 2.75) is 227 Å². The van der Waals surface area contributed by atoms with E-state index < -0.39 is 75.8 Å². The predicted octanol–water partition coefficient (Wildman–Crippen LogP) is 19.8. The molecule has 472 valence electrons. The van der Waals surface area contributed by atoms with Crippen molar-refractivity contribution in [2.75, 3.05) is 0 Å². The molecule has 0 spiro atoms. The molecule has 0 aliphatic rings. The Kier molecular flexibility index (Phi) is 22.7. The Morgan fingerprint density at radius 3 is 1.00 bits per heavy atom. The summed E-state index contributed by atoms with van der Waals surface area (Å²) in [6, 6.07) is 22.9. The van der Waals surface area contributed by atoms with Crippen LogP contribution in [0.15, 0.2) is 72.8 Å². The number of ether oxygens (including phenoxy) is 1. The van der Waals surface area contributed by atoms with Gasteiger partial charge in [0.25, 0.3) is 0 Å². The van der Waals surface area contributed by atoms with Crippen molar-refractivity contribution in [1.29, 1.82) is 0 Å². The van der Waals surface area contributed by atoms with Crippen molar-refractivity contribution in [3.05, 3.63) is 128 Å². The molecule has 0 aliphatic heterocycles. The third-order valence-electron chi connectivity index (χ3n) is 18.2. The second-order valence-electron chi connectivity index (χ2n) is 25.6. The van der Waals surface area contributed by atoms with Gasteiger partial charge in [-0.15, -0.1) is 0 Å². The first kappa shape index (κ1) is 73.9. The van der Waals surface area contributed by atoms with E-state index in [4.69, 9.17) is 8.85 Å². The first-order valence-corrected chi connectivity index (χ1v) is 34.2. The van der Waals surface area contributed by atoms with E-state index in [0.29, 0.717) is 11.1 Å². The molecule has 0 saturated carbocycles. The van der Waals surface area contributed by atoms with E-state index in [2.05, 4.69) is 136 Å². The fraction of sp³-hybridized carbons (Fsp3) is 0.561. The molecule has 0 aromatic heterocycles. The van der Waals surface area contributed by atoms with Crippen molar-refractivity contribution in [1.82, 2.24) is 0 Å². The largest absolute Gasteiger partial charge is 0.543 e. The fourth-order valence-corrected chi connectivity index (χ4v) is 11.6. The summed E-state index contributed by atoms with van der Waals surface area (Å²) in [5, 5.41) is 10.0. The Morgan fingerprint density at radius 1 is 0.471 bits per heavy atom. The molecule has 0 saturated heterocycles. The summed E-state index contributed by atoms with van der Waals surface area (Å²) in [5.41, 5.74) is -1.85. The number of aliphatic hydroxyl groups is 1. The Morgan fingerprint density at radius 2 is 0.753 bits per heavy atom. The number of hydrogen-bond donors (Lipinski definition) is 1. The van der Waals surface area contributed by atoms with E-state index in [1.165, 1.54) is 0 Å². The highest BCUT2D eigenvalue weighted by Crippen LogP contribution is 2.54. The van der Waals surface area contributed by atoms with E-state index >= 15 is 0 Å². The van der Waals surface area contributed by atoms with Gasteiger partial charge in [-0.05, 0) is 172 Å². The molecule has 0 amide bonds. The molecular formula is C66H86F12O5Si2. The first-order valence-electron chi connectivity index (χ1n) is 28.3. The number of carbonyl (C=O) groups excluding carboxylic acids is 1. The van der Waals surface area contributed by atoms with Gasteiger partial charge < -0.3 is 18.7 Å². The molecule has 19 heteroatoms. The average Bonchev–Trinajstić information content (AvgIpc) is 1.35. The van der Waals surface area contributed by atoms with Gasteiger partial charge in [-0.3, -0.25) is 4.79 Å². The van der Waals surface area contributed by atoms with Crippen molar-refractivity contribution in [2.24, 2.45) is 10.8 Å². The van der Waals surface area contributed by atoms with Crippen LogP contribution in [0.1, 0.15) is 171 Å². The van der Waals surface area contributed by atoms with Crippen LogP contribution in [-0.2, 0) is 20.4 Å². The SMILES string of the molecule is CCC(CC)(c1ccc(C#CC(O)C(C)(C(F)(F)F)C(F)(F)F)c(C)c1)c1ccc(O[Si](C)(C)C(C)(C)C)c(C)c1.CCC(CC)(c1ccc(C#CC(OC(C)=O)C(C)(C(F)(F)F)C(F)(F)F)c(C)c1)c1ccc(O[Si](C)(C)C(C)(C)C)c(C)c1. The van der Waals surface area contributed by atoms with Gasteiger partial charge in [0.15, 0.2) is 11.5 Å². The predicted molar refractivity (Wildman–Crippen MR) is 319 cm³/mol. The number of alkyl halides is 12. The van der Waals surface area contributed by atoms with Crippen molar-refractivity contribution in [3.63, 3.8) is 0 Å². The quantitative estimate of drug-likeness (QED) is 0.0556. The van der Waals surface area contributed by atoms with E-state index in [-0.39, 0.29) is 40.5 Å². The van der Waals surface area contributed by atoms with Gasteiger partial charge in [0.2, 0.25) is 22.0 Å². The maximum absolute atomic E-state index is 13.7. The minimum atomic E-state index is -5.77. The summed E-state index contributed by atoms with van der Waals surface area (Å²) in [5.74, 6) is 8.97. The molecule has 4 aromatic carbocycles. The lowest BCUT2D eigenvalue weighted by Gasteiger charge is -2.38. The molecule has 2 unspecified atom stereocenters. The van der Waals surface area contributed by atoms with Gasteiger partial charge in [-0.1, -0.05) is 141 Å². The summed E-state index contributed by atoms with van der Waals surface area (Å²) in [4.78, 5) is 11.5. The maximum atomic E-state index is 13.7. The van der Waals surface area contributed by atoms with Gasteiger partial charge in [0.05, 0.1) is 0 Å². The lowest BCUT2D eigenvalue weighted by Crippen LogP contribution is -2.56. The summed E-state index contributed by atoms with van der Waals surface area (Å²) in [6.45, 7) is 38.2. The lowest BCUT2D eigenvalue weighted by molar-refractivity contribution is -0.353. The van der Waals surface area contributed by atoms with Crippen LogP contribution in [0.5, 0.6) is 11.5 Å². The van der Waals surface area contributed by atoms with E-state index in [1.54, 1.807) is 38.1 Å². The lowest BCUT2D eigenvalue weighted by atomic mass is 9.70. The molecule has 2 atom stereocenters. The Labute approximate surface area is 498 Å². The number of hydrogen-bond acceptors (Lipinski definition) is 5. The minimum absolute atomic E-state index is 0.0349. The van der Waals surface area contributed by atoms with Crippen LogP contribution in [0.3, 0.4) is 0 Å². The molecular weight excluding hydrogens is 1160 g/mol. The molecule has 0 radical (unpaired) electrons. The maximum Gasteiger partial charge on any atom is 0.407 e. The second-order valence-corrected chi connectivity index (χ2v) is 35.1. The number of halogens is 12. The molecule has 0 bridgehead atoms. The highest BCUT2D eigenvalue weighted by molar-refractivity contribution is 6.75. The zero-order valence-corrected chi connectivity index (χ0v) is 55.0. The molecule has 1 N–H and O–H groups in total. The van der Waals surface area contributed by atoms with Crippen LogP contribution < -0.4 is 8.85 Å². The van der Waals surface area contributed by atoms with Crippen LogP contribution >= 0.6 is 0 Å². The number of esters is 1. The Bertz CT molecular complexity index is 3080. The minimum Gasteiger partial charge on any atom is -0.543 e. The second kappa shape index (κ2) is 26.1.